The highest BCUT2D eigenvalue weighted by atomic mass is 16.5. The molecule has 1 fully saturated rings. The Bertz CT molecular complexity index is 777. The van der Waals surface area contributed by atoms with Gasteiger partial charge in [0.05, 0.1) is 18.2 Å². The molecule has 3 rings (SSSR count). The minimum atomic E-state index is -0.0337. The number of para-hydroxylation sites is 1. The summed E-state index contributed by atoms with van der Waals surface area (Å²) < 4.78 is 5.27. The van der Waals surface area contributed by atoms with Gasteiger partial charge in [0.1, 0.15) is 17.6 Å². The number of rotatable bonds is 3. The zero-order chi connectivity index (χ0) is 16.9. The summed E-state index contributed by atoms with van der Waals surface area (Å²) in [5.74, 6) is 1.24. The molecular weight excluding hydrogens is 304 g/mol. The topological polar surface area (TPSA) is 69.5 Å². The van der Waals surface area contributed by atoms with Crippen LogP contribution < -0.4 is 9.64 Å². The van der Waals surface area contributed by atoms with Crippen LogP contribution in [0.2, 0.25) is 0 Å². The number of amides is 1. The molecule has 0 radical (unpaired) electrons. The van der Waals surface area contributed by atoms with E-state index in [-0.39, 0.29) is 5.91 Å². The molecule has 24 heavy (non-hydrogen) atoms. The van der Waals surface area contributed by atoms with Gasteiger partial charge in [-0.3, -0.25) is 4.79 Å². The molecule has 2 aromatic rings. The SMILES string of the molecule is COc1ccccc1C(=O)N1CCN(c2ncccc2C#N)CC1. The predicted octanol–water partition coefficient (Wildman–Crippen LogP) is 1.92. The van der Waals surface area contributed by atoms with E-state index in [1.165, 1.54) is 0 Å². The molecule has 1 aliphatic heterocycles. The minimum Gasteiger partial charge on any atom is -0.496 e. The number of pyridine rings is 1. The van der Waals surface area contributed by atoms with Crippen molar-refractivity contribution >= 4 is 11.7 Å². The maximum Gasteiger partial charge on any atom is 0.257 e. The number of carbonyl (C=O) groups is 1. The van der Waals surface area contributed by atoms with Crippen molar-refractivity contribution in [1.29, 1.82) is 5.26 Å². The second kappa shape index (κ2) is 7.01. The number of nitrogens with zero attached hydrogens (tertiary/aromatic N) is 4. The van der Waals surface area contributed by atoms with Crippen molar-refractivity contribution in [3.8, 4) is 11.8 Å². The van der Waals surface area contributed by atoms with Crippen LogP contribution in [-0.2, 0) is 0 Å². The van der Waals surface area contributed by atoms with E-state index in [0.29, 0.717) is 48.9 Å². The Kier molecular flexibility index (Phi) is 4.62. The van der Waals surface area contributed by atoms with Gasteiger partial charge in [-0.05, 0) is 24.3 Å². The van der Waals surface area contributed by atoms with E-state index in [9.17, 15) is 10.1 Å². The molecule has 0 N–H and O–H groups in total. The number of aromatic nitrogens is 1. The lowest BCUT2D eigenvalue weighted by Gasteiger charge is -2.35. The molecule has 1 saturated heterocycles. The van der Waals surface area contributed by atoms with Crippen molar-refractivity contribution in [3.05, 3.63) is 53.7 Å². The Morgan fingerprint density at radius 3 is 2.62 bits per heavy atom. The molecule has 6 heteroatoms. The maximum absolute atomic E-state index is 12.7. The highest BCUT2D eigenvalue weighted by Gasteiger charge is 2.25. The molecule has 0 spiro atoms. The molecule has 0 atom stereocenters. The number of hydrogen-bond donors (Lipinski definition) is 0. The van der Waals surface area contributed by atoms with Crippen LogP contribution >= 0.6 is 0 Å². The lowest BCUT2D eigenvalue weighted by atomic mass is 10.1. The smallest absolute Gasteiger partial charge is 0.257 e. The minimum absolute atomic E-state index is 0.0337. The Morgan fingerprint density at radius 2 is 1.92 bits per heavy atom. The van der Waals surface area contributed by atoms with Crippen molar-refractivity contribution in [3.63, 3.8) is 0 Å². The molecule has 0 unspecified atom stereocenters. The van der Waals surface area contributed by atoms with Crippen LogP contribution in [0.4, 0.5) is 5.82 Å². The highest BCUT2D eigenvalue weighted by Crippen LogP contribution is 2.22. The number of ether oxygens (including phenoxy) is 1. The van der Waals surface area contributed by atoms with E-state index >= 15 is 0 Å². The van der Waals surface area contributed by atoms with E-state index < -0.39 is 0 Å². The first-order valence-electron chi connectivity index (χ1n) is 7.77. The van der Waals surface area contributed by atoms with Crippen LogP contribution in [-0.4, -0.2) is 49.1 Å². The van der Waals surface area contributed by atoms with Crippen LogP contribution in [0.1, 0.15) is 15.9 Å². The van der Waals surface area contributed by atoms with E-state index in [4.69, 9.17) is 4.74 Å². The van der Waals surface area contributed by atoms with Crippen molar-refractivity contribution in [1.82, 2.24) is 9.88 Å². The summed E-state index contributed by atoms with van der Waals surface area (Å²) in [6.45, 7) is 2.45. The van der Waals surface area contributed by atoms with Crippen molar-refractivity contribution in [2.45, 2.75) is 0 Å². The molecule has 2 heterocycles. The number of piperazine rings is 1. The standard InChI is InChI=1S/C18H18N4O2/c1-24-16-7-3-2-6-15(16)18(23)22-11-9-21(10-12-22)17-14(13-19)5-4-8-20-17/h2-8H,9-12H2,1H3. The number of benzene rings is 1. The Morgan fingerprint density at radius 1 is 1.17 bits per heavy atom. The fourth-order valence-corrected chi connectivity index (χ4v) is 2.85. The molecule has 1 amide bonds. The number of nitriles is 1. The predicted molar refractivity (Wildman–Crippen MR) is 90.1 cm³/mol. The average Bonchev–Trinajstić information content (AvgIpc) is 2.67. The van der Waals surface area contributed by atoms with Gasteiger partial charge in [0.2, 0.25) is 0 Å². The summed E-state index contributed by atoms with van der Waals surface area (Å²) in [6, 6.07) is 12.9. The number of methoxy groups -OCH3 is 1. The fourth-order valence-electron chi connectivity index (χ4n) is 2.85. The number of hydrogen-bond acceptors (Lipinski definition) is 5. The van der Waals surface area contributed by atoms with Gasteiger partial charge in [-0.25, -0.2) is 4.98 Å². The second-order valence-corrected chi connectivity index (χ2v) is 5.47. The van der Waals surface area contributed by atoms with Crippen molar-refractivity contribution in [2.75, 3.05) is 38.2 Å². The van der Waals surface area contributed by atoms with E-state index in [1.807, 2.05) is 21.9 Å². The summed E-state index contributed by atoms with van der Waals surface area (Å²) in [7, 11) is 1.56. The van der Waals surface area contributed by atoms with Gasteiger partial charge in [-0.1, -0.05) is 12.1 Å². The van der Waals surface area contributed by atoms with Gasteiger partial charge < -0.3 is 14.5 Å². The molecule has 122 valence electrons. The number of carbonyl (C=O) groups excluding carboxylic acids is 1. The Hall–Kier alpha value is -3.07. The first kappa shape index (κ1) is 15.8. The highest BCUT2D eigenvalue weighted by molar-refractivity contribution is 5.97. The van der Waals surface area contributed by atoms with Gasteiger partial charge in [0, 0.05) is 32.4 Å². The molecule has 1 aliphatic rings. The van der Waals surface area contributed by atoms with Crippen LogP contribution in [0, 0.1) is 11.3 Å². The molecule has 0 saturated carbocycles. The zero-order valence-corrected chi connectivity index (χ0v) is 13.5. The normalized spacial score (nSPS) is 14.2. The van der Waals surface area contributed by atoms with Crippen LogP contribution in [0.5, 0.6) is 5.75 Å². The Labute approximate surface area is 140 Å². The lowest BCUT2D eigenvalue weighted by molar-refractivity contribution is 0.0743. The lowest BCUT2D eigenvalue weighted by Crippen LogP contribution is -2.49. The van der Waals surface area contributed by atoms with Gasteiger partial charge >= 0.3 is 0 Å². The van der Waals surface area contributed by atoms with Crippen LogP contribution in [0.3, 0.4) is 0 Å². The van der Waals surface area contributed by atoms with Crippen LogP contribution in [0.25, 0.3) is 0 Å². The number of anilines is 1. The van der Waals surface area contributed by atoms with Gasteiger partial charge in [0.25, 0.3) is 5.91 Å². The largest absolute Gasteiger partial charge is 0.496 e. The second-order valence-electron chi connectivity index (χ2n) is 5.47. The molecular formula is C18H18N4O2. The molecule has 0 aliphatic carbocycles. The third-order valence-corrected chi connectivity index (χ3v) is 4.11. The first-order valence-corrected chi connectivity index (χ1v) is 7.77. The summed E-state index contributed by atoms with van der Waals surface area (Å²) >= 11 is 0. The van der Waals surface area contributed by atoms with Crippen molar-refractivity contribution in [2.24, 2.45) is 0 Å². The van der Waals surface area contributed by atoms with Crippen molar-refractivity contribution < 1.29 is 9.53 Å². The molecule has 6 nitrogen and oxygen atoms in total. The Balaban J connectivity index is 1.71. The van der Waals surface area contributed by atoms with E-state index in [1.54, 1.807) is 37.6 Å². The van der Waals surface area contributed by atoms with Gasteiger partial charge in [0.15, 0.2) is 0 Å². The summed E-state index contributed by atoms with van der Waals surface area (Å²) in [4.78, 5) is 20.9. The van der Waals surface area contributed by atoms with E-state index in [2.05, 4.69) is 11.1 Å². The first-order chi connectivity index (χ1) is 11.7. The third kappa shape index (κ3) is 3.01. The molecule has 1 aromatic carbocycles. The summed E-state index contributed by atoms with van der Waals surface area (Å²) in [6.07, 6.45) is 1.68. The van der Waals surface area contributed by atoms with E-state index in [0.717, 1.165) is 0 Å². The zero-order valence-electron chi connectivity index (χ0n) is 13.5. The molecule has 1 aromatic heterocycles. The summed E-state index contributed by atoms with van der Waals surface area (Å²) in [5.41, 5.74) is 1.13. The van der Waals surface area contributed by atoms with Gasteiger partial charge in [-0.2, -0.15) is 5.26 Å². The van der Waals surface area contributed by atoms with Gasteiger partial charge in [-0.15, -0.1) is 0 Å². The maximum atomic E-state index is 12.7. The summed E-state index contributed by atoms with van der Waals surface area (Å²) in [5, 5.41) is 9.20. The quantitative estimate of drug-likeness (QED) is 0.863. The fraction of sp³-hybridized carbons (Fsp3) is 0.278. The molecule has 0 bridgehead atoms. The monoisotopic (exact) mass is 322 g/mol. The average molecular weight is 322 g/mol. The van der Waals surface area contributed by atoms with Crippen LogP contribution in [0.15, 0.2) is 42.6 Å². The third-order valence-electron chi connectivity index (χ3n) is 4.11.